The van der Waals surface area contributed by atoms with Crippen molar-refractivity contribution < 1.29 is 9.53 Å². The van der Waals surface area contributed by atoms with E-state index in [2.05, 4.69) is 39.8 Å². The molecule has 25 heavy (non-hydrogen) atoms. The van der Waals surface area contributed by atoms with Crippen molar-refractivity contribution in [1.29, 1.82) is 0 Å². The normalized spacial score (nSPS) is 15.7. The number of methoxy groups -OCH3 is 1. The fraction of sp³-hybridized carbons (Fsp3) is 0.688. The number of amides is 1. The van der Waals surface area contributed by atoms with Crippen LogP contribution in [0.4, 0.5) is 4.79 Å². The maximum atomic E-state index is 11.5. The Morgan fingerprint density at radius 2 is 2.16 bits per heavy atom. The Hall–Kier alpha value is -1.10. The Labute approximate surface area is 170 Å². The molecule has 0 spiro atoms. The maximum absolute atomic E-state index is 11.5. The molecule has 1 saturated heterocycles. The number of piperidine rings is 1. The number of carbonyl (C=O) groups is 1. The standard InChI is InChI=1S/C16H27N5O2S.HI/c1-11(2)14-19-13(10-24-14)9-18-15(17-3)20-12-5-7-21(8-6-12)16(22)23-4;/h10-12H,5-9H2,1-4H3,(H2,17,18,20);1H. The number of hydrogen-bond acceptors (Lipinski definition) is 5. The van der Waals surface area contributed by atoms with Crippen molar-refractivity contribution in [1.82, 2.24) is 20.5 Å². The predicted octanol–water partition coefficient (Wildman–Crippen LogP) is 2.78. The summed E-state index contributed by atoms with van der Waals surface area (Å²) in [4.78, 5) is 22.1. The summed E-state index contributed by atoms with van der Waals surface area (Å²) in [5.41, 5.74) is 1.03. The maximum Gasteiger partial charge on any atom is 0.409 e. The zero-order valence-corrected chi connectivity index (χ0v) is 18.4. The van der Waals surface area contributed by atoms with Gasteiger partial charge in [0.2, 0.25) is 0 Å². The Morgan fingerprint density at radius 1 is 1.48 bits per heavy atom. The second-order valence-corrected chi connectivity index (χ2v) is 7.02. The minimum atomic E-state index is -0.250. The van der Waals surface area contributed by atoms with Gasteiger partial charge in [0.25, 0.3) is 0 Å². The number of rotatable bonds is 4. The number of halogens is 1. The number of nitrogens with zero attached hydrogens (tertiary/aromatic N) is 3. The molecule has 0 radical (unpaired) electrons. The molecule has 1 aliphatic rings. The number of likely N-dealkylation sites (tertiary alicyclic amines) is 1. The second kappa shape index (κ2) is 10.8. The van der Waals surface area contributed by atoms with Crippen LogP contribution in [0.1, 0.15) is 43.3 Å². The van der Waals surface area contributed by atoms with Gasteiger partial charge in [-0.25, -0.2) is 9.78 Å². The minimum absolute atomic E-state index is 0. The summed E-state index contributed by atoms with van der Waals surface area (Å²) in [7, 11) is 3.18. The first kappa shape index (κ1) is 21.9. The molecule has 0 atom stereocenters. The van der Waals surface area contributed by atoms with Gasteiger partial charge in [0.15, 0.2) is 5.96 Å². The fourth-order valence-electron chi connectivity index (χ4n) is 2.57. The average Bonchev–Trinajstić information content (AvgIpc) is 3.07. The second-order valence-electron chi connectivity index (χ2n) is 6.13. The van der Waals surface area contributed by atoms with E-state index < -0.39 is 0 Å². The molecule has 1 aromatic rings. The number of guanidine groups is 1. The van der Waals surface area contributed by atoms with Gasteiger partial charge in [-0.15, -0.1) is 35.3 Å². The van der Waals surface area contributed by atoms with E-state index in [1.807, 2.05) is 0 Å². The molecule has 1 fully saturated rings. The van der Waals surface area contributed by atoms with Crippen LogP contribution >= 0.6 is 35.3 Å². The number of hydrogen-bond donors (Lipinski definition) is 2. The SMILES string of the molecule is CN=C(NCc1csc(C(C)C)n1)NC1CCN(C(=O)OC)CC1.I. The van der Waals surface area contributed by atoms with Gasteiger partial charge in [-0.3, -0.25) is 4.99 Å². The van der Waals surface area contributed by atoms with E-state index in [1.54, 1.807) is 23.3 Å². The van der Waals surface area contributed by atoms with Gasteiger partial charge in [-0.2, -0.15) is 0 Å². The molecular formula is C16H28IN5O2S. The van der Waals surface area contributed by atoms with Crippen LogP contribution in [-0.4, -0.2) is 55.2 Å². The first-order chi connectivity index (χ1) is 11.5. The van der Waals surface area contributed by atoms with Crippen molar-refractivity contribution in [2.24, 2.45) is 4.99 Å². The minimum Gasteiger partial charge on any atom is -0.453 e. The molecule has 0 saturated carbocycles. The lowest BCUT2D eigenvalue weighted by Gasteiger charge is -2.32. The van der Waals surface area contributed by atoms with Gasteiger partial charge in [0, 0.05) is 37.5 Å². The lowest BCUT2D eigenvalue weighted by atomic mass is 10.1. The molecule has 142 valence electrons. The smallest absolute Gasteiger partial charge is 0.409 e. The van der Waals surface area contributed by atoms with Crippen LogP contribution in [-0.2, 0) is 11.3 Å². The fourth-order valence-corrected chi connectivity index (χ4v) is 3.40. The van der Waals surface area contributed by atoms with E-state index in [1.165, 1.54) is 7.11 Å². The third kappa shape index (κ3) is 6.61. The summed E-state index contributed by atoms with van der Waals surface area (Å²) in [5.74, 6) is 1.23. The molecule has 7 nitrogen and oxygen atoms in total. The van der Waals surface area contributed by atoms with E-state index in [4.69, 9.17) is 4.74 Å². The average molecular weight is 481 g/mol. The van der Waals surface area contributed by atoms with Crippen LogP contribution < -0.4 is 10.6 Å². The van der Waals surface area contributed by atoms with E-state index in [9.17, 15) is 4.79 Å². The topological polar surface area (TPSA) is 78.9 Å². The highest BCUT2D eigenvalue weighted by Gasteiger charge is 2.23. The van der Waals surface area contributed by atoms with Crippen molar-refractivity contribution in [3.63, 3.8) is 0 Å². The molecule has 0 unspecified atom stereocenters. The number of ether oxygens (including phenoxy) is 1. The van der Waals surface area contributed by atoms with E-state index in [-0.39, 0.29) is 30.1 Å². The van der Waals surface area contributed by atoms with E-state index in [0.29, 0.717) is 31.6 Å². The summed E-state index contributed by atoms with van der Waals surface area (Å²) >= 11 is 1.70. The van der Waals surface area contributed by atoms with Gasteiger partial charge in [-0.05, 0) is 12.8 Å². The monoisotopic (exact) mass is 481 g/mol. The largest absolute Gasteiger partial charge is 0.453 e. The first-order valence-corrected chi connectivity index (χ1v) is 9.15. The number of aliphatic imine (C=N–C) groups is 1. The molecule has 0 aromatic carbocycles. The van der Waals surface area contributed by atoms with Crippen LogP contribution in [0.3, 0.4) is 0 Å². The quantitative estimate of drug-likeness (QED) is 0.393. The van der Waals surface area contributed by atoms with Crippen LogP contribution in [0.15, 0.2) is 10.4 Å². The van der Waals surface area contributed by atoms with Gasteiger partial charge in [-0.1, -0.05) is 13.8 Å². The molecular weight excluding hydrogens is 453 g/mol. The molecule has 1 amide bonds. The zero-order chi connectivity index (χ0) is 17.5. The van der Waals surface area contributed by atoms with Gasteiger partial charge < -0.3 is 20.3 Å². The Bertz CT molecular complexity index is 571. The molecule has 1 aliphatic heterocycles. The summed E-state index contributed by atoms with van der Waals surface area (Å²) in [6, 6.07) is 0.304. The van der Waals surface area contributed by atoms with Crippen LogP contribution in [0.5, 0.6) is 0 Å². The highest BCUT2D eigenvalue weighted by atomic mass is 127. The molecule has 2 heterocycles. The molecule has 1 aromatic heterocycles. The molecule has 9 heteroatoms. The van der Waals surface area contributed by atoms with Crippen molar-refractivity contribution in [2.45, 2.75) is 45.2 Å². The van der Waals surface area contributed by atoms with Crippen LogP contribution in [0.25, 0.3) is 0 Å². The Morgan fingerprint density at radius 3 is 2.68 bits per heavy atom. The number of carbonyl (C=O) groups excluding carboxylic acids is 1. The Balaban J connectivity index is 0.00000312. The van der Waals surface area contributed by atoms with Crippen LogP contribution in [0.2, 0.25) is 0 Å². The number of nitrogens with one attached hydrogen (secondary N) is 2. The lowest BCUT2D eigenvalue weighted by Crippen LogP contribution is -2.49. The zero-order valence-electron chi connectivity index (χ0n) is 15.2. The summed E-state index contributed by atoms with van der Waals surface area (Å²) < 4.78 is 4.76. The lowest BCUT2D eigenvalue weighted by molar-refractivity contribution is 0.111. The van der Waals surface area contributed by atoms with Crippen molar-refractivity contribution in [3.8, 4) is 0 Å². The third-order valence-corrected chi connectivity index (χ3v) is 5.19. The highest BCUT2D eigenvalue weighted by molar-refractivity contribution is 14.0. The van der Waals surface area contributed by atoms with Crippen LogP contribution in [0, 0.1) is 0 Å². The first-order valence-electron chi connectivity index (χ1n) is 8.27. The summed E-state index contributed by atoms with van der Waals surface area (Å²) in [5, 5.41) is 9.97. The molecule has 0 bridgehead atoms. The molecule has 2 N–H and O–H groups in total. The predicted molar refractivity (Wildman–Crippen MR) is 112 cm³/mol. The number of thiazole rings is 1. The van der Waals surface area contributed by atoms with Crippen molar-refractivity contribution in [3.05, 3.63) is 16.1 Å². The van der Waals surface area contributed by atoms with Gasteiger partial charge in [0.1, 0.15) is 0 Å². The third-order valence-electron chi connectivity index (χ3n) is 3.99. The van der Waals surface area contributed by atoms with Gasteiger partial charge >= 0.3 is 6.09 Å². The van der Waals surface area contributed by atoms with E-state index >= 15 is 0 Å². The highest BCUT2D eigenvalue weighted by Crippen LogP contribution is 2.19. The van der Waals surface area contributed by atoms with E-state index in [0.717, 1.165) is 29.5 Å². The number of aromatic nitrogens is 1. The van der Waals surface area contributed by atoms with Crippen molar-refractivity contribution >= 4 is 47.4 Å². The molecule has 2 rings (SSSR count). The molecule has 0 aliphatic carbocycles. The summed E-state index contributed by atoms with van der Waals surface area (Å²) in [6.45, 7) is 6.36. The van der Waals surface area contributed by atoms with Gasteiger partial charge in [0.05, 0.1) is 24.4 Å². The Kier molecular flexibility index (Phi) is 9.47. The summed E-state index contributed by atoms with van der Waals surface area (Å²) in [6.07, 6.45) is 1.51. The van der Waals surface area contributed by atoms with Crippen molar-refractivity contribution in [2.75, 3.05) is 27.2 Å².